The number of carbonyl (C=O) groups excluding carboxylic acids is 1. The van der Waals surface area contributed by atoms with E-state index in [-0.39, 0.29) is 29.0 Å². The standard InChI is InChI=1S/C16H21N3O5S/c1-19-13-8-7-12(9-14(13)24-16(19)21)25(22,23)17-10-15(20)18-11-5-3-2-4-6-11/h7-9,11,17H,2-6,10H2,1H3,(H,18,20). The van der Waals surface area contributed by atoms with Gasteiger partial charge >= 0.3 is 5.76 Å². The van der Waals surface area contributed by atoms with Crippen molar-refractivity contribution in [2.24, 2.45) is 7.05 Å². The van der Waals surface area contributed by atoms with Crippen molar-refractivity contribution < 1.29 is 17.6 Å². The number of nitrogens with one attached hydrogen (secondary N) is 2. The van der Waals surface area contributed by atoms with Crippen LogP contribution in [0, 0.1) is 0 Å². The Labute approximate surface area is 145 Å². The van der Waals surface area contributed by atoms with E-state index in [0.29, 0.717) is 5.52 Å². The summed E-state index contributed by atoms with van der Waals surface area (Å²) in [6.45, 7) is -0.324. The molecule has 1 aromatic heterocycles. The lowest BCUT2D eigenvalue weighted by Gasteiger charge is -2.22. The molecule has 1 amide bonds. The summed E-state index contributed by atoms with van der Waals surface area (Å²) < 4.78 is 33.3. The minimum atomic E-state index is -3.87. The summed E-state index contributed by atoms with van der Waals surface area (Å²) in [6.07, 6.45) is 5.21. The Morgan fingerprint density at radius 3 is 2.72 bits per heavy atom. The van der Waals surface area contributed by atoms with Crippen molar-refractivity contribution in [1.29, 1.82) is 0 Å². The van der Waals surface area contributed by atoms with Crippen molar-refractivity contribution in [1.82, 2.24) is 14.6 Å². The number of aromatic nitrogens is 1. The summed E-state index contributed by atoms with van der Waals surface area (Å²) in [4.78, 5) is 23.4. The number of oxazole rings is 1. The van der Waals surface area contributed by atoms with Gasteiger partial charge in [0.05, 0.1) is 17.0 Å². The molecular weight excluding hydrogens is 346 g/mol. The lowest BCUT2D eigenvalue weighted by molar-refractivity contribution is -0.120. The molecule has 0 unspecified atom stereocenters. The molecule has 1 aromatic carbocycles. The van der Waals surface area contributed by atoms with Crippen LogP contribution >= 0.6 is 0 Å². The van der Waals surface area contributed by atoms with Gasteiger partial charge in [-0.05, 0) is 25.0 Å². The molecule has 1 heterocycles. The molecule has 2 N–H and O–H groups in total. The fourth-order valence-corrected chi connectivity index (χ4v) is 4.05. The van der Waals surface area contributed by atoms with Crippen LogP contribution in [0.3, 0.4) is 0 Å². The van der Waals surface area contributed by atoms with Gasteiger partial charge in [-0.15, -0.1) is 0 Å². The molecular formula is C16H21N3O5S. The first-order valence-electron chi connectivity index (χ1n) is 8.25. The maximum absolute atomic E-state index is 12.3. The van der Waals surface area contributed by atoms with Gasteiger partial charge in [0, 0.05) is 19.2 Å². The normalized spacial score (nSPS) is 16.2. The van der Waals surface area contributed by atoms with E-state index in [1.54, 1.807) is 0 Å². The number of aryl methyl sites for hydroxylation is 1. The third-order valence-corrected chi connectivity index (χ3v) is 5.87. The van der Waals surface area contributed by atoms with Crippen LogP contribution in [-0.4, -0.2) is 31.5 Å². The summed E-state index contributed by atoms with van der Waals surface area (Å²) >= 11 is 0. The molecule has 0 spiro atoms. The minimum absolute atomic E-state index is 0.0557. The summed E-state index contributed by atoms with van der Waals surface area (Å²) in [7, 11) is -2.34. The van der Waals surface area contributed by atoms with Crippen LogP contribution in [0.2, 0.25) is 0 Å². The van der Waals surface area contributed by atoms with Gasteiger partial charge in [0.1, 0.15) is 0 Å². The zero-order valence-electron chi connectivity index (χ0n) is 13.9. The molecule has 9 heteroatoms. The predicted octanol–water partition coefficient (Wildman–Crippen LogP) is 0.859. The molecule has 0 aliphatic heterocycles. The quantitative estimate of drug-likeness (QED) is 0.814. The van der Waals surface area contributed by atoms with Crippen molar-refractivity contribution in [3.63, 3.8) is 0 Å². The molecule has 0 bridgehead atoms. The molecule has 8 nitrogen and oxygen atoms in total. The van der Waals surface area contributed by atoms with Crippen molar-refractivity contribution >= 4 is 27.0 Å². The third kappa shape index (κ3) is 3.93. The van der Waals surface area contributed by atoms with Crippen molar-refractivity contribution in [2.45, 2.75) is 43.0 Å². The van der Waals surface area contributed by atoms with E-state index in [4.69, 9.17) is 4.42 Å². The van der Waals surface area contributed by atoms with Gasteiger partial charge < -0.3 is 9.73 Å². The van der Waals surface area contributed by atoms with Gasteiger partial charge in [-0.25, -0.2) is 17.9 Å². The topological polar surface area (TPSA) is 110 Å². The van der Waals surface area contributed by atoms with Crippen LogP contribution in [0.5, 0.6) is 0 Å². The Balaban J connectivity index is 1.67. The average molecular weight is 367 g/mol. The molecule has 0 atom stereocenters. The maximum atomic E-state index is 12.3. The zero-order chi connectivity index (χ0) is 18.0. The lowest BCUT2D eigenvalue weighted by Crippen LogP contribution is -2.42. The second-order valence-corrected chi connectivity index (χ2v) is 8.05. The van der Waals surface area contributed by atoms with Crippen LogP contribution in [0.25, 0.3) is 11.1 Å². The summed E-state index contributed by atoms with van der Waals surface area (Å²) in [5.74, 6) is -0.910. The van der Waals surface area contributed by atoms with Crippen molar-refractivity contribution in [3.05, 3.63) is 28.7 Å². The lowest BCUT2D eigenvalue weighted by atomic mass is 9.95. The highest BCUT2D eigenvalue weighted by Gasteiger charge is 2.20. The first kappa shape index (κ1) is 17.7. The van der Waals surface area contributed by atoms with Crippen LogP contribution in [-0.2, 0) is 21.9 Å². The third-order valence-electron chi connectivity index (χ3n) is 4.47. The first-order chi connectivity index (χ1) is 11.9. The number of fused-ring (bicyclic) bond motifs is 1. The number of benzene rings is 1. The Morgan fingerprint density at radius 1 is 1.28 bits per heavy atom. The molecule has 0 saturated heterocycles. The average Bonchev–Trinajstić information content (AvgIpc) is 2.88. The van der Waals surface area contributed by atoms with Crippen LogP contribution < -0.4 is 15.8 Å². The van der Waals surface area contributed by atoms with Crippen LogP contribution in [0.1, 0.15) is 32.1 Å². The minimum Gasteiger partial charge on any atom is -0.408 e. The van der Waals surface area contributed by atoms with E-state index in [1.165, 1.54) is 36.2 Å². The van der Waals surface area contributed by atoms with Gasteiger partial charge in [-0.3, -0.25) is 9.36 Å². The number of hydrogen-bond donors (Lipinski definition) is 2. The van der Waals surface area contributed by atoms with E-state index >= 15 is 0 Å². The number of nitrogens with zero attached hydrogens (tertiary/aromatic N) is 1. The molecule has 3 rings (SSSR count). The smallest absolute Gasteiger partial charge is 0.408 e. The first-order valence-corrected chi connectivity index (χ1v) is 9.74. The van der Waals surface area contributed by atoms with Crippen LogP contribution in [0.4, 0.5) is 0 Å². The molecule has 1 aliphatic rings. The number of hydrogen-bond acceptors (Lipinski definition) is 5. The largest absolute Gasteiger partial charge is 0.419 e. The predicted molar refractivity (Wildman–Crippen MR) is 91.7 cm³/mol. The van der Waals surface area contributed by atoms with Crippen molar-refractivity contribution in [2.75, 3.05) is 6.54 Å². The summed E-state index contributed by atoms with van der Waals surface area (Å²) in [5, 5.41) is 2.85. The highest BCUT2D eigenvalue weighted by atomic mass is 32.2. The fourth-order valence-electron chi connectivity index (χ4n) is 3.05. The van der Waals surface area contributed by atoms with Gasteiger partial charge in [0.25, 0.3) is 0 Å². The van der Waals surface area contributed by atoms with E-state index in [9.17, 15) is 18.0 Å². The van der Waals surface area contributed by atoms with E-state index in [1.807, 2.05) is 0 Å². The SMILES string of the molecule is Cn1c(=O)oc2cc(S(=O)(=O)NCC(=O)NC3CCCCC3)ccc21. The van der Waals surface area contributed by atoms with Crippen LogP contribution in [0.15, 0.2) is 32.3 Å². The fraction of sp³-hybridized carbons (Fsp3) is 0.500. The zero-order valence-corrected chi connectivity index (χ0v) is 14.8. The Morgan fingerprint density at radius 2 is 2.00 bits per heavy atom. The van der Waals surface area contributed by atoms with Gasteiger partial charge in [-0.2, -0.15) is 0 Å². The highest BCUT2D eigenvalue weighted by molar-refractivity contribution is 7.89. The molecule has 2 aromatic rings. The second-order valence-electron chi connectivity index (χ2n) is 6.28. The van der Waals surface area contributed by atoms with E-state index in [2.05, 4.69) is 10.0 Å². The monoisotopic (exact) mass is 367 g/mol. The molecule has 1 aliphatic carbocycles. The van der Waals surface area contributed by atoms with Crippen molar-refractivity contribution in [3.8, 4) is 0 Å². The number of carbonyl (C=O) groups is 1. The summed E-state index contributed by atoms with van der Waals surface area (Å²) in [5.41, 5.74) is 0.682. The highest BCUT2D eigenvalue weighted by Crippen LogP contribution is 2.18. The second kappa shape index (κ2) is 7.01. The molecule has 1 saturated carbocycles. The number of sulfonamides is 1. The van der Waals surface area contributed by atoms with Gasteiger partial charge in [0.15, 0.2) is 5.58 Å². The van der Waals surface area contributed by atoms with Gasteiger partial charge in [-0.1, -0.05) is 19.3 Å². The maximum Gasteiger partial charge on any atom is 0.419 e. The number of rotatable bonds is 5. The van der Waals surface area contributed by atoms with E-state index in [0.717, 1.165) is 25.7 Å². The molecule has 25 heavy (non-hydrogen) atoms. The molecule has 0 radical (unpaired) electrons. The Bertz CT molecular complexity index is 938. The Hall–Kier alpha value is -2.13. The van der Waals surface area contributed by atoms with E-state index < -0.39 is 15.8 Å². The number of amides is 1. The summed E-state index contributed by atoms with van der Waals surface area (Å²) in [6, 6.07) is 4.27. The Kier molecular flexibility index (Phi) is 4.96. The molecule has 136 valence electrons. The van der Waals surface area contributed by atoms with Gasteiger partial charge in [0.2, 0.25) is 15.9 Å². The molecule has 1 fully saturated rings.